The molecule has 0 saturated heterocycles. The Morgan fingerprint density at radius 2 is 1.78 bits per heavy atom. The summed E-state index contributed by atoms with van der Waals surface area (Å²) in [6.07, 6.45) is 6.50. The Morgan fingerprint density at radius 3 is 2.43 bits per heavy atom. The first kappa shape index (κ1) is 15.6. The molecule has 3 rings (SSSR count). The number of halogens is 1. The van der Waals surface area contributed by atoms with E-state index < -0.39 is 0 Å². The molecule has 0 N–H and O–H groups in total. The first-order valence-corrected chi connectivity index (χ1v) is 8.07. The summed E-state index contributed by atoms with van der Waals surface area (Å²) in [5.74, 6) is 0.0447. The molecule has 2 aromatic carbocycles. The molecule has 2 aromatic rings. The minimum Gasteiger partial charge on any atom is -0.335 e. The summed E-state index contributed by atoms with van der Waals surface area (Å²) < 4.78 is 0. The summed E-state index contributed by atoms with van der Waals surface area (Å²) in [4.78, 5) is 14.1. The zero-order valence-electron chi connectivity index (χ0n) is 12.8. The van der Waals surface area contributed by atoms with Crippen molar-refractivity contribution in [2.75, 3.05) is 13.1 Å². The first-order valence-electron chi connectivity index (χ1n) is 7.69. The Balaban J connectivity index is 1.62. The second-order valence-corrected chi connectivity index (χ2v) is 5.95. The molecule has 116 valence electrons. The van der Waals surface area contributed by atoms with Gasteiger partial charge in [-0.2, -0.15) is 0 Å². The van der Waals surface area contributed by atoms with E-state index in [1.807, 2.05) is 53.4 Å². The van der Waals surface area contributed by atoms with Crippen LogP contribution in [0.1, 0.15) is 17.5 Å². The van der Waals surface area contributed by atoms with E-state index in [0.717, 1.165) is 18.5 Å². The quantitative estimate of drug-likeness (QED) is 0.752. The molecule has 23 heavy (non-hydrogen) atoms. The van der Waals surface area contributed by atoms with Crippen LogP contribution in [0.15, 0.2) is 66.7 Å². The number of amides is 1. The van der Waals surface area contributed by atoms with Crippen molar-refractivity contribution < 1.29 is 4.79 Å². The summed E-state index contributed by atoms with van der Waals surface area (Å²) >= 11 is 5.85. The Morgan fingerprint density at radius 1 is 1.04 bits per heavy atom. The van der Waals surface area contributed by atoms with Gasteiger partial charge in [0.15, 0.2) is 0 Å². The highest BCUT2D eigenvalue weighted by atomic mass is 35.5. The lowest BCUT2D eigenvalue weighted by molar-refractivity contribution is -0.125. The molecule has 0 aromatic heterocycles. The van der Waals surface area contributed by atoms with Gasteiger partial charge in [0.25, 0.3) is 0 Å². The van der Waals surface area contributed by atoms with Crippen molar-refractivity contribution >= 4 is 29.2 Å². The summed E-state index contributed by atoms with van der Waals surface area (Å²) in [5, 5.41) is 0.697. The van der Waals surface area contributed by atoms with Gasteiger partial charge in [0.2, 0.25) is 5.91 Å². The number of hydrogen-bond acceptors (Lipinski definition) is 1. The molecule has 0 fully saturated rings. The predicted octanol–water partition coefficient (Wildman–Crippen LogP) is 4.67. The maximum Gasteiger partial charge on any atom is 0.246 e. The molecule has 1 aliphatic rings. The number of carbonyl (C=O) groups is 1. The molecule has 0 unspecified atom stereocenters. The van der Waals surface area contributed by atoms with Gasteiger partial charge < -0.3 is 4.90 Å². The van der Waals surface area contributed by atoms with Crippen LogP contribution in [-0.4, -0.2) is 23.9 Å². The van der Waals surface area contributed by atoms with Gasteiger partial charge in [-0.3, -0.25) is 4.79 Å². The second-order valence-electron chi connectivity index (χ2n) is 5.51. The Bertz CT molecular complexity index is 732. The van der Waals surface area contributed by atoms with Crippen LogP contribution in [0.4, 0.5) is 0 Å². The Labute approximate surface area is 141 Å². The lowest BCUT2D eigenvalue weighted by Gasteiger charge is -2.25. The molecule has 0 aliphatic carbocycles. The fourth-order valence-corrected chi connectivity index (χ4v) is 2.76. The van der Waals surface area contributed by atoms with E-state index in [-0.39, 0.29) is 5.91 Å². The molecule has 1 aliphatic heterocycles. The zero-order valence-corrected chi connectivity index (χ0v) is 13.5. The van der Waals surface area contributed by atoms with E-state index in [2.05, 4.69) is 18.2 Å². The fourth-order valence-electron chi connectivity index (χ4n) is 2.63. The van der Waals surface area contributed by atoms with Crippen molar-refractivity contribution in [2.45, 2.75) is 6.42 Å². The standard InChI is InChI=1S/C20H18ClNO/c21-19-9-6-16(7-10-19)8-11-20(23)22-14-12-18(13-15-22)17-4-2-1-3-5-17/h1-12H,13-15H2. The average molecular weight is 324 g/mol. The van der Waals surface area contributed by atoms with Crippen LogP contribution in [0.5, 0.6) is 0 Å². The smallest absolute Gasteiger partial charge is 0.246 e. The highest BCUT2D eigenvalue weighted by Crippen LogP contribution is 2.22. The predicted molar refractivity (Wildman–Crippen MR) is 96.1 cm³/mol. The highest BCUT2D eigenvalue weighted by molar-refractivity contribution is 6.30. The van der Waals surface area contributed by atoms with E-state index in [9.17, 15) is 4.79 Å². The summed E-state index contributed by atoms with van der Waals surface area (Å²) in [7, 11) is 0. The number of nitrogens with zero attached hydrogens (tertiary/aromatic N) is 1. The van der Waals surface area contributed by atoms with Gasteiger partial charge in [-0.1, -0.05) is 60.1 Å². The van der Waals surface area contributed by atoms with Crippen LogP contribution in [0.2, 0.25) is 5.02 Å². The molecule has 0 bridgehead atoms. The van der Waals surface area contributed by atoms with Gasteiger partial charge in [-0.05, 0) is 41.3 Å². The summed E-state index contributed by atoms with van der Waals surface area (Å²) in [5.41, 5.74) is 3.54. The molecule has 1 heterocycles. The van der Waals surface area contributed by atoms with E-state index in [1.54, 1.807) is 6.08 Å². The molecule has 0 radical (unpaired) electrons. The van der Waals surface area contributed by atoms with Crippen molar-refractivity contribution in [3.8, 4) is 0 Å². The van der Waals surface area contributed by atoms with E-state index in [4.69, 9.17) is 11.6 Å². The van der Waals surface area contributed by atoms with Gasteiger partial charge in [0, 0.05) is 24.2 Å². The van der Waals surface area contributed by atoms with E-state index in [0.29, 0.717) is 11.6 Å². The Hall–Kier alpha value is -2.32. The van der Waals surface area contributed by atoms with Gasteiger partial charge in [0.1, 0.15) is 0 Å². The third kappa shape index (κ3) is 4.11. The first-order chi connectivity index (χ1) is 11.2. The molecule has 3 heteroatoms. The Kier molecular flexibility index (Phi) is 4.94. The van der Waals surface area contributed by atoms with Crippen LogP contribution in [0.3, 0.4) is 0 Å². The summed E-state index contributed by atoms with van der Waals surface area (Å²) in [6.45, 7) is 1.42. The highest BCUT2D eigenvalue weighted by Gasteiger charge is 2.15. The van der Waals surface area contributed by atoms with E-state index >= 15 is 0 Å². The lowest BCUT2D eigenvalue weighted by Crippen LogP contribution is -2.33. The normalized spacial score (nSPS) is 14.8. The van der Waals surface area contributed by atoms with Crippen LogP contribution >= 0.6 is 11.6 Å². The number of rotatable bonds is 3. The number of hydrogen-bond donors (Lipinski definition) is 0. The van der Waals surface area contributed by atoms with Crippen molar-refractivity contribution in [1.29, 1.82) is 0 Å². The number of benzene rings is 2. The van der Waals surface area contributed by atoms with Crippen LogP contribution < -0.4 is 0 Å². The molecular formula is C20H18ClNO. The van der Waals surface area contributed by atoms with Gasteiger partial charge in [-0.15, -0.1) is 0 Å². The molecular weight excluding hydrogens is 306 g/mol. The summed E-state index contributed by atoms with van der Waals surface area (Å²) in [6, 6.07) is 17.8. The van der Waals surface area contributed by atoms with Crippen LogP contribution in [0, 0.1) is 0 Å². The van der Waals surface area contributed by atoms with Gasteiger partial charge >= 0.3 is 0 Å². The molecule has 0 spiro atoms. The molecule has 2 nitrogen and oxygen atoms in total. The minimum atomic E-state index is 0.0447. The van der Waals surface area contributed by atoms with Gasteiger partial charge in [0.05, 0.1) is 0 Å². The maximum atomic E-state index is 12.3. The zero-order chi connectivity index (χ0) is 16.1. The molecule has 1 amide bonds. The van der Waals surface area contributed by atoms with Crippen molar-refractivity contribution in [3.63, 3.8) is 0 Å². The third-order valence-corrected chi connectivity index (χ3v) is 4.21. The topological polar surface area (TPSA) is 20.3 Å². The van der Waals surface area contributed by atoms with Crippen LogP contribution in [0.25, 0.3) is 11.6 Å². The maximum absolute atomic E-state index is 12.3. The minimum absolute atomic E-state index is 0.0447. The average Bonchev–Trinajstić information content (AvgIpc) is 2.62. The second kappa shape index (κ2) is 7.30. The van der Waals surface area contributed by atoms with Crippen molar-refractivity contribution in [1.82, 2.24) is 4.90 Å². The molecule has 0 atom stereocenters. The monoisotopic (exact) mass is 323 g/mol. The third-order valence-electron chi connectivity index (χ3n) is 3.95. The largest absolute Gasteiger partial charge is 0.335 e. The SMILES string of the molecule is O=C(C=Cc1ccc(Cl)cc1)N1CC=C(c2ccccc2)CC1. The van der Waals surface area contributed by atoms with Crippen molar-refractivity contribution in [2.24, 2.45) is 0 Å². The number of carbonyl (C=O) groups excluding carboxylic acids is 1. The lowest BCUT2D eigenvalue weighted by atomic mass is 9.99. The fraction of sp³-hybridized carbons (Fsp3) is 0.150. The van der Waals surface area contributed by atoms with Crippen LogP contribution in [-0.2, 0) is 4.79 Å². The van der Waals surface area contributed by atoms with Crippen molar-refractivity contribution in [3.05, 3.63) is 82.9 Å². The van der Waals surface area contributed by atoms with E-state index in [1.165, 1.54) is 11.1 Å². The molecule has 0 saturated carbocycles. The van der Waals surface area contributed by atoms with Gasteiger partial charge in [-0.25, -0.2) is 0 Å².